The van der Waals surface area contributed by atoms with Gasteiger partial charge in [0, 0.05) is 25.0 Å². The third-order valence-electron chi connectivity index (χ3n) is 3.64. The van der Waals surface area contributed by atoms with Gasteiger partial charge < -0.3 is 4.90 Å². The molecule has 0 saturated carbocycles. The number of benzene rings is 1. The highest BCUT2D eigenvalue weighted by Gasteiger charge is 2.11. The van der Waals surface area contributed by atoms with Crippen molar-refractivity contribution in [2.75, 3.05) is 18.0 Å². The summed E-state index contributed by atoms with van der Waals surface area (Å²) in [4.78, 5) is 18.1. The smallest absolute Gasteiger partial charge is 0.289 e. The van der Waals surface area contributed by atoms with Crippen LogP contribution in [0.5, 0.6) is 0 Å². The zero-order chi connectivity index (χ0) is 15.2. The van der Waals surface area contributed by atoms with Crippen molar-refractivity contribution in [3.8, 4) is 0 Å². The summed E-state index contributed by atoms with van der Waals surface area (Å²) in [5.41, 5.74) is 5.02. The van der Waals surface area contributed by atoms with E-state index in [-0.39, 0.29) is 5.91 Å². The number of hydrogen-bond donors (Lipinski definition) is 1. The van der Waals surface area contributed by atoms with Gasteiger partial charge in [-0.25, -0.2) is 5.43 Å². The Balaban J connectivity index is 1.57. The third-order valence-corrected chi connectivity index (χ3v) is 3.64. The van der Waals surface area contributed by atoms with Gasteiger partial charge in [0.15, 0.2) is 0 Å². The lowest BCUT2D eigenvalue weighted by atomic mass is 10.2. The molecule has 0 aliphatic carbocycles. The Hall–Kier alpha value is -2.69. The van der Waals surface area contributed by atoms with Crippen LogP contribution in [0, 0.1) is 0 Å². The standard InChI is InChI=1S/C17H18N4O/c22-17(16-5-1-2-10-18-16)20-19-13-14-6-8-15(9-7-14)21-11-3-4-12-21/h1-2,5-10,13H,3-4,11-12H2,(H,20,22). The molecule has 1 fully saturated rings. The lowest BCUT2D eigenvalue weighted by molar-refractivity contribution is 0.0950. The molecule has 1 N–H and O–H groups in total. The first kappa shape index (κ1) is 14.3. The van der Waals surface area contributed by atoms with E-state index in [0.29, 0.717) is 5.69 Å². The summed E-state index contributed by atoms with van der Waals surface area (Å²) in [6.07, 6.45) is 5.75. The second kappa shape index (κ2) is 6.85. The molecule has 0 spiro atoms. The summed E-state index contributed by atoms with van der Waals surface area (Å²) in [6, 6.07) is 13.4. The van der Waals surface area contributed by atoms with E-state index in [0.717, 1.165) is 18.7 Å². The number of nitrogens with zero attached hydrogens (tertiary/aromatic N) is 3. The molecule has 0 atom stereocenters. The largest absolute Gasteiger partial charge is 0.372 e. The van der Waals surface area contributed by atoms with Crippen LogP contribution in [-0.4, -0.2) is 30.2 Å². The Morgan fingerprint density at radius 2 is 1.91 bits per heavy atom. The second-order valence-electron chi connectivity index (χ2n) is 5.20. The minimum Gasteiger partial charge on any atom is -0.372 e. The predicted molar refractivity (Wildman–Crippen MR) is 87.2 cm³/mol. The Bertz CT molecular complexity index is 646. The maximum atomic E-state index is 11.8. The maximum Gasteiger partial charge on any atom is 0.289 e. The number of amides is 1. The summed E-state index contributed by atoms with van der Waals surface area (Å²) in [7, 11) is 0. The number of hydrazone groups is 1. The summed E-state index contributed by atoms with van der Waals surface area (Å²) < 4.78 is 0. The van der Waals surface area contributed by atoms with Crippen LogP contribution < -0.4 is 10.3 Å². The van der Waals surface area contributed by atoms with Gasteiger partial charge in [-0.1, -0.05) is 18.2 Å². The normalized spacial score (nSPS) is 14.5. The average Bonchev–Trinajstić information content (AvgIpc) is 3.11. The quantitative estimate of drug-likeness (QED) is 0.696. The van der Waals surface area contributed by atoms with E-state index in [1.165, 1.54) is 18.5 Å². The van der Waals surface area contributed by atoms with Crippen molar-refractivity contribution in [2.24, 2.45) is 5.10 Å². The molecule has 0 radical (unpaired) electrons. The van der Waals surface area contributed by atoms with E-state index in [9.17, 15) is 4.79 Å². The van der Waals surface area contributed by atoms with Gasteiger partial charge in [0.05, 0.1) is 6.21 Å². The summed E-state index contributed by atoms with van der Waals surface area (Å²) in [5.74, 6) is -0.314. The van der Waals surface area contributed by atoms with Crippen molar-refractivity contribution in [2.45, 2.75) is 12.8 Å². The monoisotopic (exact) mass is 294 g/mol. The highest BCUT2D eigenvalue weighted by Crippen LogP contribution is 2.19. The van der Waals surface area contributed by atoms with Crippen molar-refractivity contribution >= 4 is 17.8 Å². The molecule has 1 aromatic carbocycles. The van der Waals surface area contributed by atoms with Crippen LogP contribution in [0.4, 0.5) is 5.69 Å². The summed E-state index contributed by atoms with van der Waals surface area (Å²) in [6.45, 7) is 2.27. The van der Waals surface area contributed by atoms with Gasteiger partial charge in [-0.15, -0.1) is 0 Å². The van der Waals surface area contributed by atoms with E-state index in [2.05, 4.69) is 32.5 Å². The fourth-order valence-electron chi connectivity index (χ4n) is 2.47. The van der Waals surface area contributed by atoms with Crippen LogP contribution in [0.25, 0.3) is 0 Å². The second-order valence-corrected chi connectivity index (χ2v) is 5.20. The molecule has 112 valence electrons. The van der Waals surface area contributed by atoms with Gasteiger partial charge >= 0.3 is 0 Å². The number of carbonyl (C=O) groups excluding carboxylic acids is 1. The zero-order valence-electron chi connectivity index (χ0n) is 12.3. The number of pyridine rings is 1. The topological polar surface area (TPSA) is 57.6 Å². The highest BCUT2D eigenvalue weighted by atomic mass is 16.2. The van der Waals surface area contributed by atoms with Gasteiger partial charge in [-0.2, -0.15) is 5.10 Å². The van der Waals surface area contributed by atoms with Gasteiger partial charge in [-0.05, 0) is 42.7 Å². The third kappa shape index (κ3) is 3.49. The number of rotatable bonds is 4. The van der Waals surface area contributed by atoms with E-state index < -0.39 is 0 Å². The first-order chi connectivity index (χ1) is 10.8. The van der Waals surface area contributed by atoms with Crippen LogP contribution in [0.1, 0.15) is 28.9 Å². The van der Waals surface area contributed by atoms with E-state index >= 15 is 0 Å². The molecule has 2 aromatic rings. The van der Waals surface area contributed by atoms with Crippen LogP contribution >= 0.6 is 0 Å². The van der Waals surface area contributed by atoms with E-state index in [1.807, 2.05) is 12.1 Å². The first-order valence-electron chi connectivity index (χ1n) is 7.42. The molecule has 0 bridgehead atoms. The average molecular weight is 294 g/mol. The Labute approximate surface area is 129 Å². The molecule has 2 heterocycles. The van der Waals surface area contributed by atoms with Crippen LogP contribution in [-0.2, 0) is 0 Å². The number of hydrogen-bond acceptors (Lipinski definition) is 4. The molecule has 5 nitrogen and oxygen atoms in total. The number of carbonyl (C=O) groups is 1. The molecule has 22 heavy (non-hydrogen) atoms. The molecule has 1 aliphatic rings. The lowest BCUT2D eigenvalue weighted by Gasteiger charge is -2.17. The Morgan fingerprint density at radius 1 is 1.14 bits per heavy atom. The SMILES string of the molecule is O=C(NN=Cc1ccc(N2CCCC2)cc1)c1ccccn1. The predicted octanol–water partition coefficient (Wildman–Crippen LogP) is 2.45. The molecule has 1 aromatic heterocycles. The number of anilines is 1. The first-order valence-corrected chi connectivity index (χ1v) is 7.42. The Kier molecular flexibility index (Phi) is 4.44. The van der Waals surface area contributed by atoms with Crippen molar-refractivity contribution in [3.63, 3.8) is 0 Å². The van der Waals surface area contributed by atoms with Gasteiger partial charge in [0.25, 0.3) is 5.91 Å². The van der Waals surface area contributed by atoms with Crippen molar-refractivity contribution in [3.05, 3.63) is 59.9 Å². The lowest BCUT2D eigenvalue weighted by Crippen LogP contribution is -2.18. The van der Waals surface area contributed by atoms with Crippen molar-refractivity contribution < 1.29 is 4.79 Å². The molecular formula is C17H18N4O. The fourth-order valence-corrected chi connectivity index (χ4v) is 2.47. The summed E-state index contributed by atoms with van der Waals surface area (Å²) in [5, 5.41) is 3.97. The number of nitrogens with one attached hydrogen (secondary N) is 1. The highest BCUT2D eigenvalue weighted by molar-refractivity contribution is 5.93. The Morgan fingerprint density at radius 3 is 2.59 bits per heavy atom. The number of aromatic nitrogens is 1. The van der Waals surface area contributed by atoms with E-state index in [1.54, 1.807) is 30.6 Å². The van der Waals surface area contributed by atoms with Crippen LogP contribution in [0.3, 0.4) is 0 Å². The zero-order valence-corrected chi connectivity index (χ0v) is 12.3. The van der Waals surface area contributed by atoms with Gasteiger partial charge in [-0.3, -0.25) is 9.78 Å². The van der Waals surface area contributed by atoms with E-state index in [4.69, 9.17) is 0 Å². The molecule has 3 rings (SSSR count). The minimum atomic E-state index is -0.314. The molecule has 5 heteroatoms. The molecule has 1 amide bonds. The molecule has 0 unspecified atom stereocenters. The van der Waals surface area contributed by atoms with Crippen LogP contribution in [0.2, 0.25) is 0 Å². The van der Waals surface area contributed by atoms with Gasteiger partial charge in [0.2, 0.25) is 0 Å². The minimum absolute atomic E-state index is 0.314. The molecular weight excluding hydrogens is 276 g/mol. The van der Waals surface area contributed by atoms with Crippen molar-refractivity contribution in [1.82, 2.24) is 10.4 Å². The van der Waals surface area contributed by atoms with Crippen molar-refractivity contribution in [1.29, 1.82) is 0 Å². The van der Waals surface area contributed by atoms with Crippen LogP contribution in [0.15, 0.2) is 53.8 Å². The van der Waals surface area contributed by atoms with Gasteiger partial charge in [0.1, 0.15) is 5.69 Å². The molecule has 1 saturated heterocycles. The molecule has 1 aliphatic heterocycles. The summed E-state index contributed by atoms with van der Waals surface area (Å²) >= 11 is 0. The fraction of sp³-hybridized carbons (Fsp3) is 0.235. The maximum absolute atomic E-state index is 11.8.